The van der Waals surface area contributed by atoms with Crippen molar-refractivity contribution in [1.82, 2.24) is 16.0 Å². The van der Waals surface area contributed by atoms with Crippen LogP contribution >= 0.6 is 11.8 Å². The molecule has 30 heavy (non-hydrogen) atoms. The Hall–Kier alpha value is -1.48. The number of hydrogen-bond acceptors (Lipinski definition) is 7. The number of nitrogens with one attached hydrogen (secondary N) is 3. The Kier molecular flexibility index (Phi) is 7.76. The van der Waals surface area contributed by atoms with Gasteiger partial charge >= 0.3 is 0 Å². The molecule has 1 aromatic rings. The van der Waals surface area contributed by atoms with E-state index in [4.69, 9.17) is 0 Å². The summed E-state index contributed by atoms with van der Waals surface area (Å²) in [6.45, 7) is 1.04. The van der Waals surface area contributed by atoms with E-state index < -0.39 is 11.8 Å². The zero-order chi connectivity index (χ0) is 20.8. The number of aliphatic imine (C=N–C) groups is 1. The molecule has 5 N–H and O–H groups in total. The van der Waals surface area contributed by atoms with Crippen LogP contribution in [-0.2, 0) is 6.42 Å². The summed E-state index contributed by atoms with van der Waals surface area (Å²) >= 11 is 1.25. The van der Waals surface area contributed by atoms with Crippen LogP contribution in [0.2, 0.25) is 0 Å². The maximum Gasteiger partial charge on any atom is 0.159 e. The van der Waals surface area contributed by atoms with Crippen LogP contribution < -0.4 is 16.0 Å². The molecular formula is C23H32N4O2S. The summed E-state index contributed by atoms with van der Waals surface area (Å²) in [5, 5.41) is 29.6. The Labute approximate surface area is 182 Å². The second kappa shape index (κ2) is 10.7. The number of benzene rings is 1. The first kappa shape index (κ1) is 21.7. The summed E-state index contributed by atoms with van der Waals surface area (Å²) in [6.07, 6.45) is 11.7. The highest BCUT2D eigenvalue weighted by Gasteiger charge is 2.27. The maximum absolute atomic E-state index is 9.93. The second-order valence-electron chi connectivity index (χ2n) is 8.25. The lowest BCUT2D eigenvalue weighted by atomic mass is 9.90. The SMILES string of the molecule is OC1NC(O)/C(=C/C2=CC=NC(NC3CCC(NCCc4ccccc4)CC3)C2)S1. The largest absolute Gasteiger partial charge is 0.374 e. The van der Waals surface area contributed by atoms with Crippen molar-refractivity contribution in [3.05, 3.63) is 58.5 Å². The van der Waals surface area contributed by atoms with Crippen molar-refractivity contribution in [3.63, 3.8) is 0 Å². The van der Waals surface area contributed by atoms with E-state index in [1.807, 2.05) is 18.4 Å². The molecule has 2 fully saturated rings. The number of aliphatic hydroxyl groups is 2. The summed E-state index contributed by atoms with van der Waals surface area (Å²) in [4.78, 5) is 5.35. The quantitative estimate of drug-likeness (QED) is 0.458. The minimum atomic E-state index is -0.791. The topological polar surface area (TPSA) is 88.9 Å². The molecule has 3 unspecified atom stereocenters. The number of aliphatic hydroxyl groups excluding tert-OH is 2. The van der Waals surface area contributed by atoms with E-state index in [-0.39, 0.29) is 6.17 Å². The molecule has 3 aliphatic rings. The van der Waals surface area contributed by atoms with Gasteiger partial charge in [-0.25, -0.2) is 0 Å². The van der Waals surface area contributed by atoms with Gasteiger partial charge in [-0.15, -0.1) is 0 Å². The standard InChI is InChI=1S/C23H32N4O2S/c28-22-20(30-23(29)27-22)14-17-11-13-25-21(15-17)26-19-8-6-18(7-9-19)24-12-10-16-4-2-1-3-5-16/h1-5,11,13-14,18-19,21-24,26-29H,6-10,12,15H2/b20-14-. The molecule has 0 spiro atoms. The molecule has 1 aromatic carbocycles. The summed E-state index contributed by atoms with van der Waals surface area (Å²) in [7, 11) is 0. The third-order valence-electron chi connectivity index (χ3n) is 5.97. The highest BCUT2D eigenvalue weighted by atomic mass is 32.2. The average molecular weight is 429 g/mol. The predicted octanol–water partition coefficient (Wildman–Crippen LogP) is 2.26. The Balaban J connectivity index is 1.17. The summed E-state index contributed by atoms with van der Waals surface area (Å²) < 4.78 is 0. The van der Waals surface area contributed by atoms with Gasteiger partial charge in [0.1, 0.15) is 12.4 Å². The van der Waals surface area contributed by atoms with Crippen molar-refractivity contribution >= 4 is 18.0 Å². The van der Waals surface area contributed by atoms with Crippen LogP contribution in [0.25, 0.3) is 0 Å². The lowest BCUT2D eigenvalue weighted by Crippen LogP contribution is -2.44. The van der Waals surface area contributed by atoms with E-state index in [1.54, 1.807) is 0 Å². The third kappa shape index (κ3) is 6.26. The van der Waals surface area contributed by atoms with Crippen molar-refractivity contribution in [3.8, 4) is 0 Å². The lowest BCUT2D eigenvalue weighted by molar-refractivity contribution is 0.126. The number of hydrogen-bond donors (Lipinski definition) is 5. The third-order valence-corrected chi connectivity index (χ3v) is 6.95. The molecule has 162 valence electrons. The molecule has 6 nitrogen and oxygen atoms in total. The monoisotopic (exact) mass is 428 g/mol. The molecule has 2 heterocycles. The van der Waals surface area contributed by atoms with Gasteiger partial charge in [0.05, 0.1) is 0 Å². The van der Waals surface area contributed by atoms with Crippen LogP contribution in [0.15, 0.2) is 58.0 Å². The molecule has 0 radical (unpaired) electrons. The minimum Gasteiger partial charge on any atom is -0.374 e. The van der Waals surface area contributed by atoms with Gasteiger partial charge in [0.25, 0.3) is 0 Å². The van der Waals surface area contributed by atoms with Crippen LogP contribution in [0, 0.1) is 0 Å². The number of rotatable bonds is 7. The molecular weight excluding hydrogens is 396 g/mol. The first-order valence-corrected chi connectivity index (χ1v) is 11.8. The van der Waals surface area contributed by atoms with Gasteiger partial charge in [-0.05, 0) is 61.9 Å². The Morgan fingerprint density at radius 2 is 1.87 bits per heavy atom. The van der Waals surface area contributed by atoms with Crippen LogP contribution in [0.3, 0.4) is 0 Å². The van der Waals surface area contributed by atoms with Gasteiger partial charge in [-0.2, -0.15) is 0 Å². The first-order chi connectivity index (χ1) is 14.7. The molecule has 7 heteroatoms. The van der Waals surface area contributed by atoms with Crippen molar-refractivity contribution in [1.29, 1.82) is 0 Å². The van der Waals surface area contributed by atoms with Gasteiger partial charge in [-0.1, -0.05) is 42.1 Å². The molecule has 4 rings (SSSR count). The fourth-order valence-corrected chi connectivity index (χ4v) is 5.21. The van der Waals surface area contributed by atoms with E-state index in [1.165, 1.54) is 43.0 Å². The molecule has 1 saturated carbocycles. The number of thioether (sulfide) groups is 1. The summed E-state index contributed by atoms with van der Waals surface area (Å²) in [5.74, 6) is 0. The molecule has 0 aromatic heterocycles. The molecule has 3 atom stereocenters. The average Bonchev–Trinajstić information content (AvgIpc) is 3.07. The zero-order valence-corrected chi connectivity index (χ0v) is 18.0. The Morgan fingerprint density at radius 3 is 2.60 bits per heavy atom. The number of nitrogens with zero attached hydrogens (tertiary/aromatic N) is 1. The van der Waals surface area contributed by atoms with Crippen LogP contribution in [-0.4, -0.2) is 53.0 Å². The summed E-state index contributed by atoms with van der Waals surface area (Å²) in [6, 6.07) is 11.8. The molecule has 2 aliphatic heterocycles. The fraction of sp³-hybridized carbons (Fsp3) is 0.522. The number of allylic oxidation sites excluding steroid dienone is 2. The van der Waals surface area contributed by atoms with Gasteiger partial charge in [0.2, 0.25) is 0 Å². The van der Waals surface area contributed by atoms with Crippen molar-refractivity contribution < 1.29 is 10.2 Å². The molecule has 0 bridgehead atoms. The Morgan fingerprint density at radius 1 is 1.10 bits per heavy atom. The first-order valence-electron chi connectivity index (χ1n) is 10.9. The fourth-order valence-electron chi connectivity index (χ4n) is 4.34. The van der Waals surface area contributed by atoms with Crippen molar-refractivity contribution in [2.45, 2.75) is 68.6 Å². The second-order valence-corrected chi connectivity index (χ2v) is 9.40. The molecule has 0 amide bonds. The van der Waals surface area contributed by atoms with E-state index in [0.717, 1.165) is 29.9 Å². The van der Waals surface area contributed by atoms with E-state index in [2.05, 4.69) is 51.3 Å². The maximum atomic E-state index is 9.93. The highest BCUT2D eigenvalue weighted by Crippen LogP contribution is 2.31. The zero-order valence-electron chi connectivity index (χ0n) is 17.2. The van der Waals surface area contributed by atoms with Crippen molar-refractivity contribution in [2.75, 3.05) is 6.54 Å². The number of dihydropyridines is 1. The van der Waals surface area contributed by atoms with Gasteiger partial charge in [0.15, 0.2) is 5.56 Å². The minimum absolute atomic E-state index is 0.0795. The van der Waals surface area contributed by atoms with E-state index in [9.17, 15) is 10.2 Å². The lowest BCUT2D eigenvalue weighted by Gasteiger charge is -2.32. The van der Waals surface area contributed by atoms with Crippen LogP contribution in [0.5, 0.6) is 0 Å². The van der Waals surface area contributed by atoms with E-state index in [0.29, 0.717) is 12.1 Å². The molecule has 1 aliphatic carbocycles. The van der Waals surface area contributed by atoms with E-state index >= 15 is 0 Å². The van der Waals surface area contributed by atoms with Crippen molar-refractivity contribution in [2.24, 2.45) is 4.99 Å². The summed E-state index contributed by atoms with van der Waals surface area (Å²) in [5.41, 5.74) is 1.77. The van der Waals surface area contributed by atoms with Gasteiger partial charge in [0, 0.05) is 29.6 Å². The van der Waals surface area contributed by atoms with Gasteiger partial charge in [-0.3, -0.25) is 15.6 Å². The highest BCUT2D eigenvalue weighted by molar-refractivity contribution is 8.03. The van der Waals surface area contributed by atoms with Gasteiger partial charge < -0.3 is 15.5 Å². The normalized spacial score (nSPS) is 33.1. The molecule has 1 saturated heterocycles. The smallest absolute Gasteiger partial charge is 0.159 e. The Bertz CT molecular complexity index is 775. The predicted molar refractivity (Wildman–Crippen MR) is 123 cm³/mol. The van der Waals surface area contributed by atoms with Crippen LogP contribution in [0.4, 0.5) is 0 Å². The van der Waals surface area contributed by atoms with Crippen LogP contribution in [0.1, 0.15) is 37.7 Å².